The number of hydrogen-bond acceptors (Lipinski definition) is 2. The number of urea groups is 1. The molecule has 134 valence electrons. The number of H-pyrrole nitrogens is 1. The number of fused-ring (bicyclic) bond motifs is 1. The molecule has 0 unspecified atom stereocenters. The Bertz CT molecular complexity index is 1040. The van der Waals surface area contributed by atoms with Crippen molar-refractivity contribution in [1.82, 2.24) is 4.98 Å². The molecule has 0 spiro atoms. The molecule has 0 radical (unpaired) electrons. The molecule has 2 heterocycles. The van der Waals surface area contributed by atoms with Crippen LogP contribution in [0.5, 0.6) is 0 Å². The van der Waals surface area contributed by atoms with Crippen LogP contribution in [-0.4, -0.2) is 16.9 Å². The molecular formula is C21H18N4O2. The molecule has 1 aliphatic heterocycles. The molecule has 3 amide bonds. The maximum atomic E-state index is 12.5. The Kier molecular flexibility index (Phi) is 4.22. The summed E-state index contributed by atoms with van der Waals surface area (Å²) in [4.78, 5) is 27.8. The third-order valence-electron chi connectivity index (χ3n) is 4.43. The molecule has 27 heavy (non-hydrogen) atoms. The highest BCUT2D eigenvalue weighted by molar-refractivity contribution is 6.36. The maximum absolute atomic E-state index is 12.5. The van der Waals surface area contributed by atoms with Crippen LogP contribution >= 0.6 is 0 Å². The van der Waals surface area contributed by atoms with Gasteiger partial charge in [0.1, 0.15) is 0 Å². The van der Waals surface area contributed by atoms with Crippen molar-refractivity contribution in [3.63, 3.8) is 0 Å². The van der Waals surface area contributed by atoms with Crippen molar-refractivity contribution in [2.45, 2.75) is 6.92 Å². The third kappa shape index (κ3) is 3.32. The highest BCUT2D eigenvalue weighted by Gasteiger charge is 2.27. The van der Waals surface area contributed by atoms with E-state index in [0.717, 1.165) is 22.5 Å². The lowest BCUT2D eigenvalue weighted by molar-refractivity contribution is -0.110. The van der Waals surface area contributed by atoms with Crippen molar-refractivity contribution >= 4 is 40.1 Å². The fourth-order valence-electron chi connectivity index (χ4n) is 3.13. The summed E-state index contributed by atoms with van der Waals surface area (Å²) in [6.45, 7) is 1.90. The first-order valence-electron chi connectivity index (χ1n) is 8.55. The van der Waals surface area contributed by atoms with Crippen LogP contribution in [0.1, 0.15) is 18.2 Å². The van der Waals surface area contributed by atoms with Gasteiger partial charge < -0.3 is 20.9 Å². The summed E-state index contributed by atoms with van der Waals surface area (Å²) in [5.41, 5.74) is 5.14. The number of anilines is 3. The maximum Gasteiger partial charge on any atom is 0.323 e. The lowest BCUT2D eigenvalue weighted by Crippen LogP contribution is -2.19. The molecule has 6 heteroatoms. The number of nitrogens with one attached hydrogen (secondary N) is 4. The molecule has 2 aromatic carbocycles. The van der Waals surface area contributed by atoms with Crippen molar-refractivity contribution in [3.05, 3.63) is 78.1 Å². The van der Waals surface area contributed by atoms with E-state index < -0.39 is 0 Å². The van der Waals surface area contributed by atoms with E-state index in [9.17, 15) is 9.59 Å². The Morgan fingerprint density at radius 1 is 0.926 bits per heavy atom. The molecule has 0 saturated carbocycles. The Morgan fingerprint density at radius 2 is 1.70 bits per heavy atom. The summed E-state index contributed by atoms with van der Waals surface area (Å²) in [7, 11) is 0. The van der Waals surface area contributed by atoms with E-state index in [2.05, 4.69) is 20.9 Å². The number of amides is 3. The zero-order chi connectivity index (χ0) is 18.8. The van der Waals surface area contributed by atoms with Gasteiger partial charge in [-0.25, -0.2) is 4.79 Å². The molecule has 0 saturated heterocycles. The van der Waals surface area contributed by atoms with E-state index in [0.29, 0.717) is 16.9 Å². The molecular weight excluding hydrogens is 340 g/mol. The monoisotopic (exact) mass is 358 g/mol. The number of rotatable bonds is 3. The molecule has 0 atom stereocenters. The Balaban J connectivity index is 1.61. The van der Waals surface area contributed by atoms with Crippen LogP contribution < -0.4 is 16.0 Å². The minimum absolute atomic E-state index is 0.150. The Morgan fingerprint density at radius 3 is 2.44 bits per heavy atom. The zero-order valence-corrected chi connectivity index (χ0v) is 14.7. The fourth-order valence-corrected chi connectivity index (χ4v) is 3.13. The number of benzene rings is 2. The van der Waals surface area contributed by atoms with Crippen LogP contribution in [0, 0.1) is 0 Å². The predicted molar refractivity (Wildman–Crippen MR) is 107 cm³/mol. The van der Waals surface area contributed by atoms with Crippen molar-refractivity contribution in [1.29, 1.82) is 0 Å². The van der Waals surface area contributed by atoms with Crippen molar-refractivity contribution in [3.8, 4) is 0 Å². The van der Waals surface area contributed by atoms with E-state index in [1.807, 2.05) is 55.6 Å². The minimum Gasteiger partial charge on any atom is -0.361 e. The largest absolute Gasteiger partial charge is 0.361 e. The van der Waals surface area contributed by atoms with Gasteiger partial charge >= 0.3 is 6.03 Å². The van der Waals surface area contributed by atoms with Gasteiger partial charge in [0, 0.05) is 34.5 Å². The normalized spacial score (nSPS) is 14.3. The summed E-state index contributed by atoms with van der Waals surface area (Å²) in [6, 6.07) is 18.0. The summed E-state index contributed by atoms with van der Waals surface area (Å²) >= 11 is 0. The van der Waals surface area contributed by atoms with Crippen LogP contribution in [0.25, 0.3) is 11.1 Å². The zero-order valence-electron chi connectivity index (χ0n) is 14.7. The van der Waals surface area contributed by atoms with Gasteiger partial charge in [0.2, 0.25) is 0 Å². The second-order valence-electron chi connectivity index (χ2n) is 6.24. The summed E-state index contributed by atoms with van der Waals surface area (Å²) < 4.78 is 0. The van der Waals surface area contributed by atoms with Gasteiger partial charge in [0.25, 0.3) is 5.91 Å². The van der Waals surface area contributed by atoms with Crippen LogP contribution in [0.2, 0.25) is 0 Å². The predicted octanol–water partition coefficient (Wildman–Crippen LogP) is 4.54. The van der Waals surface area contributed by atoms with Crippen molar-refractivity contribution in [2.24, 2.45) is 0 Å². The average molecular weight is 358 g/mol. The van der Waals surface area contributed by atoms with E-state index in [1.165, 1.54) is 0 Å². The van der Waals surface area contributed by atoms with Crippen molar-refractivity contribution < 1.29 is 9.59 Å². The summed E-state index contributed by atoms with van der Waals surface area (Å²) in [5.74, 6) is -0.150. The first-order valence-corrected chi connectivity index (χ1v) is 8.55. The number of carbonyl (C=O) groups excluding carboxylic acids is 2. The lowest BCUT2D eigenvalue weighted by Gasteiger charge is -2.09. The van der Waals surface area contributed by atoms with E-state index >= 15 is 0 Å². The van der Waals surface area contributed by atoms with E-state index in [1.54, 1.807) is 18.2 Å². The topological polar surface area (TPSA) is 86.0 Å². The highest BCUT2D eigenvalue weighted by Crippen LogP contribution is 2.38. The molecule has 0 bridgehead atoms. The van der Waals surface area contributed by atoms with Gasteiger partial charge in [0.05, 0.1) is 5.57 Å². The van der Waals surface area contributed by atoms with Gasteiger partial charge in [-0.05, 0) is 55.0 Å². The number of hydrogen-bond donors (Lipinski definition) is 4. The highest BCUT2D eigenvalue weighted by atomic mass is 16.2. The number of carbonyl (C=O) groups is 2. The molecule has 4 N–H and O–H groups in total. The molecule has 1 aromatic heterocycles. The van der Waals surface area contributed by atoms with E-state index in [-0.39, 0.29) is 11.9 Å². The first kappa shape index (κ1) is 16.7. The molecule has 3 aromatic rings. The van der Waals surface area contributed by atoms with Gasteiger partial charge in [-0.15, -0.1) is 0 Å². The quantitative estimate of drug-likeness (QED) is 0.518. The molecule has 0 fully saturated rings. The second kappa shape index (κ2) is 6.84. The SMILES string of the molecule is C/C(=C1\C(=O)Nc2ccc(NC(=O)Nc3ccccc3)cc21)c1ccc[nH]1. The van der Waals surface area contributed by atoms with Gasteiger partial charge in [0.15, 0.2) is 0 Å². The second-order valence-corrected chi connectivity index (χ2v) is 6.24. The average Bonchev–Trinajstić information content (AvgIpc) is 3.29. The molecule has 4 rings (SSSR count). The van der Waals surface area contributed by atoms with Gasteiger partial charge in [-0.2, -0.15) is 0 Å². The number of aromatic amines is 1. The molecule has 1 aliphatic rings. The standard InChI is InChI=1S/C21H18N4O2/c1-13(17-8-5-11-22-17)19-16-12-15(9-10-18(16)25-20(19)26)24-21(27)23-14-6-3-2-4-7-14/h2-12,22H,1H3,(H,25,26)(H2,23,24,27)/b19-13+. The van der Waals surface area contributed by atoms with E-state index in [4.69, 9.17) is 0 Å². The molecule has 6 nitrogen and oxygen atoms in total. The molecule has 0 aliphatic carbocycles. The number of para-hydroxylation sites is 1. The van der Waals surface area contributed by atoms with Crippen LogP contribution in [0.4, 0.5) is 21.9 Å². The van der Waals surface area contributed by atoms with Gasteiger partial charge in [-0.3, -0.25) is 4.79 Å². The number of aromatic nitrogens is 1. The third-order valence-corrected chi connectivity index (χ3v) is 4.43. The first-order chi connectivity index (χ1) is 13.1. The minimum atomic E-state index is -0.343. The Hall–Kier alpha value is -3.80. The smallest absolute Gasteiger partial charge is 0.323 e. The Labute approximate surface area is 156 Å². The van der Waals surface area contributed by atoms with Crippen LogP contribution in [0.3, 0.4) is 0 Å². The summed E-state index contributed by atoms with van der Waals surface area (Å²) in [5, 5.41) is 8.45. The van der Waals surface area contributed by atoms with Crippen LogP contribution in [-0.2, 0) is 4.79 Å². The summed E-state index contributed by atoms with van der Waals surface area (Å²) in [6.07, 6.45) is 1.82. The van der Waals surface area contributed by atoms with Gasteiger partial charge in [-0.1, -0.05) is 18.2 Å². The fraction of sp³-hybridized carbons (Fsp3) is 0.0476. The number of allylic oxidation sites excluding steroid dienone is 1. The van der Waals surface area contributed by atoms with Crippen LogP contribution in [0.15, 0.2) is 66.9 Å². The van der Waals surface area contributed by atoms with Crippen molar-refractivity contribution in [2.75, 3.05) is 16.0 Å². The lowest BCUT2D eigenvalue weighted by atomic mass is 9.99.